The van der Waals surface area contributed by atoms with Crippen LogP contribution in [0.25, 0.3) is 0 Å². The smallest absolute Gasteiger partial charge is 0.254 e. The molecule has 206 valence electrons. The fourth-order valence-corrected chi connectivity index (χ4v) is 6.90. The molecule has 2 aliphatic carbocycles. The average Bonchev–Trinajstić information content (AvgIpc) is 2.91. The summed E-state index contributed by atoms with van der Waals surface area (Å²) in [5.74, 6) is -0.406. The van der Waals surface area contributed by atoms with Crippen molar-refractivity contribution in [3.8, 4) is 0 Å². The summed E-state index contributed by atoms with van der Waals surface area (Å²) in [5.41, 5.74) is 6.65. The maximum absolute atomic E-state index is 14.3. The van der Waals surface area contributed by atoms with Crippen molar-refractivity contribution in [2.75, 3.05) is 31.5 Å². The molecular formula is C30H48N4O3. The Labute approximate surface area is 223 Å². The monoisotopic (exact) mass is 512 g/mol. The van der Waals surface area contributed by atoms with Gasteiger partial charge in [0.15, 0.2) is 0 Å². The highest BCUT2D eigenvalue weighted by Gasteiger charge is 2.55. The second-order valence-electron chi connectivity index (χ2n) is 11.0. The van der Waals surface area contributed by atoms with Crippen molar-refractivity contribution in [1.82, 2.24) is 9.80 Å². The Balaban J connectivity index is 2.04. The molecule has 0 atom stereocenters. The van der Waals surface area contributed by atoms with Crippen LogP contribution in [0.2, 0.25) is 0 Å². The largest absolute Gasteiger partial charge is 0.368 e. The third kappa shape index (κ3) is 6.92. The van der Waals surface area contributed by atoms with Crippen molar-refractivity contribution < 1.29 is 14.4 Å². The quantitative estimate of drug-likeness (QED) is 0.402. The van der Waals surface area contributed by atoms with E-state index >= 15 is 0 Å². The molecule has 7 nitrogen and oxygen atoms in total. The zero-order valence-corrected chi connectivity index (χ0v) is 23.3. The van der Waals surface area contributed by atoms with Gasteiger partial charge in [-0.25, -0.2) is 0 Å². The number of hydrogen-bond acceptors (Lipinski definition) is 4. The highest BCUT2D eigenvalue weighted by Crippen LogP contribution is 2.47. The molecule has 3 N–H and O–H groups in total. The first-order valence-electron chi connectivity index (χ1n) is 14.6. The van der Waals surface area contributed by atoms with E-state index in [0.29, 0.717) is 17.8 Å². The number of anilines is 1. The summed E-state index contributed by atoms with van der Waals surface area (Å²) >= 11 is 0. The molecule has 1 aromatic rings. The molecule has 0 bridgehead atoms. The second kappa shape index (κ2) is 13.9. The Hall–Kier alpha value is -2.41. The van der Waals surface area contributed by atoms with Gasteiger partial charge in [0.25, 0.3) is 5.91 Å². The average molecular weight is 513 g/mol. The predicted octanol–water partition coefficient (Wildman–Crippen LogP) is 5.20. The molecule has 0 spiro atoms. The van der Waals surface area contributed by atoms with E-state index in [-0.39, 0.29) is 29.6 Å². The highest BCUT2D eigenvalue weighted by atomic mass is 16.2. The van der Waals surface area contributed by atoms with Gasteiger partial charge in [-0.2, -0.15) is 0 Å². The third-order valence-electron chi connectivity index (χ3n) is 8.74. The zero-order chi connectivity index (χ0) is 26.8. The van der Waals surface area contributed by atoms with Crippen molar-refractivity contribution in [2.24, 2.45) is 17.6 Å². The van der Waals surface area contributed by atoms with Crippen LogP contribution in [0.15, 0.2) is 24.3 Å². The SMILES string of the molecule is CCN(CC)CCCN(C(=O)c1ccc(NC(C)=O)cc1)C(C(N)=O)(C1CCCCC1)C1CCCCC1. The maximum Gasteiger partial charge on any atom is 0.254 e. The van der Waals surface area contributed by atoms with Crippen LogP contribution >= 0.6 is 0 Å². The van der Waals surface area contributed by atoms with Gasteiger partial charge >= 0.3 is 0 Å². The first-order valence-corrected chi connectivity index (χ1v) is 14.6. The van der Waals surface area contributed by atoms with Gasteiger partial charge < -0.3 is 20.9 Å². The number of rotatable bonds is 12. The number of carbonyl (C=O) groups excluding carboxylic acids is 3. The highest BCUT2D eigenvalue weighted by molar-refractivity contribution is 6.00. The van der Waals surface area contributed by atoms with Crippen LogP contribution in [-0.2, 0) is 9.59 Å². The van der Waals surface area contributed by atoms with E-state index < -0.39 is 5.54 Å². The van der Waals surface area contributed by atoms with Gasteiger partial charge in [-0.1, -0.05) is 52.4 Å². The van der Waals surface area contributed by atoms with Gasteiger partial charge in [-0.05, 0) is 87.8 Å². The Bertz CT molecular complexity index is 867. The van der Waals surface area contributed by atoms with E-state index in [0.717, 1.165) is 77.4 Å². The van der Waals surface area contributed by atoms with Gasteiger partial charge in [0.2, 0.25) is 11.8 Å². The lowest BCUT2D eigenvalue weighted by atomic mass is 9.62. The third-order valence-corrected chi connectivity index (χ3v) is 8.74. The Kier molecular flexibility index (Phi) is 11.0. The van der Waals surface area contributed by atoms with E-state index in [9.17, 15) is 14.4 Å². The standard InChI is InChI=1S/C30H48N4O3/c1-4-33(5-2)21-12-22-34(28(36)24-17-19-27(20-18-24)32-23(3)35)30(29(31)37,25-13-8-6-9-14-25)26-15-10-7-11-16-26/h17-20,25-26H,4-16,21-22H2,1-3H3,(H2,31,37)(H,32,35). The maximum atomic E-state index is 14.3. The van der Waals surface area contributed by atoms with Crippen LogP contribution in [0.5, 0.6) is 0 Å². The predicted molar refractivity (Wildman–Crippen MR) is 149 cm³/mol. The lowest BCUT2D eigenvalue weighted by Gasteiger charge is -2.53. The van der Waals surface area contributed by atoms with Crippen LogP contribution in [0.1, 0.15) is 102 Å². The topological polar surface area (TPSA) is 95.7 Å². The van der Waals surface area contributed by atoms with Gasteiger partial charge in [0.05, 0.1) is 0 Å². The first-order chi connectivity index (χ1) is 17.8. The molecule has 0 radical (unpaired) electrons. The number of nitrogens with one attached hydrogen (secondary N) is 1. The minimum Gasteiger partial charge on any atom is -0.368 e. The van der Waals surface area contributed by atoms with Crippen molar-refractivity contribution in [3.63, 3.8) is 0 Å². The molecule has 2 aliphatic rings. The number of primary amides is 1. The number of nitrogens with two attached hydrogens (primary N) is 1. The molecular weight excluding hydrogens is 464 g/mol. The molecule has 0 unspecified atom stereocenters. The summed E-state index contributed by atoms with van der Waals surface area (Å²) in [6.07, 6.45) is 11.3. The second-order valence-corrected chi connectivity index (χ2v) is 11.0. The van der Waals surface area contributed by atoms with E-state index in [1.807, 2.05) is 4.90 Å². The van der Waals surface area contributed by atoms with Crippen LogP contribution in [0.4, 0.5) is 5.69 Å². The summed E-state index contributed by atoms with van der Waals surface area (Å²) in [4.78, 5) is 43.9. The fraction of sp³-hybridized carbons (Fsp3) is 0.700. The molecule has 0 saturated heterocycles. The van der Waals surface area contributed by atoms with Gasteiger partial charge in [0, 0.05) is 24.7 Å². The number of carbonyl (C=O) groups is 3. The zero-order valence-electron chi connectivity index (χ0n) is 23.3. The Morgan fingerprint density at radius 1 is 0.865 bits per heavy atom. The Morgan fingerprint density at radius 2 is 1.38 bits per heavy atom. The first kappa shape index (κ1) is 29.2. The minimum atomic E-state index is -0.961. The van der Waals surface area contributed by atoms with Gasteiger partial charge in [-0.15, -0.1) is 0 Å². The van der Waals surface area contributed by atoms with Crippen LogP contribution in [0, 0.1) is 11.8 Å². The summed E-state index contributed by atoms with van der Waals surface area (Å²) in [6.45, 7) is 9.08. The number of nitrogens with zero attached hydrogens (tertiary/aromatic N) is 2. The fourth-order valence-electron chi connectivity index (χ4n) is 6.90. The number of benzene rings is 1. The molecule has 3 rings (SSSR count). The summed E-state index contributed by atoms with van der Waals surface area (Å²) in [5, 5.41) is 2.77. The molecule has 1 aromatic carbocycles. The molecule has 2 fully saturated rings. The summed E-state index contributed by atoms with van der Waals surface area (Å²) < 4.78 is 0. The van der Waals surface area contributed by atoms with E-state index in [2.05, 4.69) is 24.1 Å². The normalized spacial score (nSPS) is 17.5. The Morgan fingerprint density at radius 3 is 1.81 bits per heavy atom. The number of hydrogen-bond donors (Lipinski definition) is 2. The van der Waals surface area contributed by atoms with E-state index in [1.165, 1.54) is 19.8 Å². The molecule has 2 saturated carbocycles. The molecule has 0 aliphatic heterocycles. The van der Waals surface area contributed by atoms with Crippen molar-refractivity contribution in [3.05, 3.63) is 29.8 Å². The summed E-state index contributed by atoms with van der Waals surface area (Å²) in [7, 11) is 0. The van der Waals surface area contributed by atoms with Crippen molar-refractivity contribution in [2.45, 2.75) is 96.9 Å². The van der Waals surface area contributed by atoms with Crippen molar-refractivity contribution in [1.29, 1.82) is 0 Å². The number of amides is 3. The molecule has 7 heteroatoms. The molecule has 0 heterocycles. The molecule has 3 amide bonds. The van der Waals surface area contributed by atoms with E-state index in [1.54, 1.807) is 24.3 Å². The van der Waals surface area contributed by atoms with Crippen molar-refractivity contribution >= 4 is 23.4 Å². The van der Waals surface area contributed by atoms with Gasteiger partial charge in [0.1, 0.15) is 5.54 Å². The van der Waals surface area contributed by atoms with Crippen LogP contribution in [-0.4, -0.2) is 59.2 Å². The molecule has 0 aromatic heterocycles. The van der Waals surface area contributed by atoms with Gasteiger partial charge in [-0.3, -0.25) is 14.4 Å². The van der Waals surface area contributed by atoms with Crippen LogP contribution in [0.3, 0.4) is 0 Å². The lowest BCUT2D eigenvalue weighted by Crippen LogP contribution is -2.68. The van der Waals surface area contributed by atoms with Crippen LogP contribution < -0.4 is 11.1 Å². The van der Waals surface area contributed by atoms with E-state index in [4.69, 9.17) is 5.73 Å². The molecule has 37 heavy (non-hydrogen) atoms. The summed E-state index contributed by atoms with van der Waals surface area (Å²) in [6, 6.07) is 7.04. The minimum absolute atomic E-state index is 0.0953. The lowest BCUT2D eigenvalue weighted by molar-refractivity contribution is -0.140.